The van der Waals surface area contributed by atoms with E-state index in [1.54, 1.807) is 5.57 Å². The summed E-state index contributed by atoms with van der Waals surface area (Å²) in [5.74, 6) is 1.49. The van der Waals surface area contributed by atoms with Crippen LogP contribution in [0.25, 0.3) is 0 Å². The molecule has 5 aliphatic rings. The van der Waals surface area contributed by atoms with Gasteiger partial charge < -0.3 is 11.1 Å². The van der Waals surface area contributed by atoms with Gasteiger partial charge >= 0.3 is 0 Å². The number of fused-ring (bicyclic) bond motifs is 2. The van der Waals surface area contributed by atoms with Crippen molar-refractivity contribution < 1.29 is 0 Å². The van der Waals surface area contributed by atoms with Crippen LogP contribution in [0, 0.1) is 23.2 Å². The largest absolute Gasteiger partial charge is 0.369 e. The Morgan fingerprint density at radius 3 is 2.48 bits per heavy atom. The van der Waals surface area contributed by atoms with Crippen molar-refractivity contribution in [3.63, 3.8) is 0 Å². The van der Waals surface area contributed by atoms with Crippen LogP contribution in [0.15, 0.2) is 149 Å². The highest BCUT2D eigenvalue weighted by atomic mass is 32.2. The zero-order valence-electron chi connectivity index (χ0n) is 26.7. The van der Waals surface area contributed by atoms with Gasteiger partial charge in [-0.1, -0.05) is 147 Å². The summed E-state index contributed by atoms with van der Waals surface area (Å²) in [6, 6.07) is 19.1. The van der Waals surface area contributed by atoms with Gasteiger partial charge in [-0.05, 0) is 59.1 Å². The quantitative estimate of drug-likeness (QED) is 0.141. The Labute approximate surface area is 278 Å². The predicted octanol–water partition coefficient (Wildman–Crippen LogP) is 8.74. The SMILES string of the molecule is CC(C)c1ccc(C(=N)SC(N)C2=CCC(C3=CC(C4=CC5=C(CCC=C5)C5C=CC=CC45)NC(c4ccccc4)N3)C=C2)cc1. The maximum Gasteiger partial charge on any atom is 0.104 e. The van der Waals surface area contributed by atoms with Gasteiger partial charge in [0, 0.05) is 29.0 Å². The lowest BCUT2D eigenvalue weighted by molar-refractivity contribution is 0.391. The third-order valence-electron chi connectivity index (χ3n) is 9.93. The second kappa shape index (κ2) is 13.4. The molecule has 234 valence electrons. The van der Waals surface area contributed by atoms with E-state index in [0.29, 0.717) is 22.8 Å². The average molecular weight is 625 g/mol. The molecule has 0 radical (unpaired) electrons. The lowest BCUT2D eigenvalue weighted by Crippen LogP contribution is -2.48. The van der Waals surface area contributed by atoms with Gasteiger partial charge in [-0.15, -0.1) is 0 Å². The molecule has 5 heteroatoms. The Kier molecular flexibility index (Phi) is 8.99. The van der Waals surface area contributed by atoms with Crippen molar-refractivity contribution in [3.05, 3.63) is 166 Å². The summed E-state index contributed by atoms with van der Waals surface area (Å²) in [7, 11) is 0. The summed E-state index contributed by atoms with van der Waals surface area (Å²) in [6.45, 7) is 4.38. The van der Waals surface area contributed by atoms with E-state index in [1.807, 2.05) is 12.1 Å². The lowest BCUT2D eigenvalue weighted by Gasteiger charge is -2.41. The van der Waals surface area contributed by atoms with Crippen LogP contribution in [-0.2, 0) is 0 Å². The third kappa shape index (κ3) is 6.37. The molecule has 0 bridgehead atoms. The summed E-state index contributed by atoms with van der Waals surface area (Å²) >= 11 is 1.42. The van der Waals surface area contributed by atoms with Gasteiger partial charge in [0.25, 0.3) is 0 Å². The first-order valence-electron chi connectivity index (χ1n) is 16.7. The summed E-state index contributed by atoms with van der Waals surface area (Å²) in [6.07, 6.45) is 28.7. The number of benzene rings is 2. The molecule has 0 spiro atoms. The first-order valence-corrected chi connectivity index (χ1v) is 17.6. The standard InChI is InChI=1S/C41H44N4S/c1-26(2)27-16-20-29(21-17-27)39(42)46-40(43)30-22-18-28(19-23-30)37-25-38(45-41(44-37)31-10-4-3-5-11-31)36-24-32-12-6-7-13-33(32)34-14-8-9-15-35(34)36/h3-6,8-12,14-18,20-26,28,34-35,38,40-42,44-45H,7,13,19,43H2,1-2H3. The maximum atomic E-state index is 8.69. The number of nitrogens with two attached hydrogens (primary N) is 1. The second-order valence-corrected chi connectivity index (χ2v) is 14.3. The van der Waals surface area contributed by atoms with Gasteiger partial charge in [-0.2, -0.15) is 0 Å². The zero-order valence-corrected chi connectivity index (χ0v) is 27.5. The second-order valence-electron chi connectivity index (χ2n) is 13.2. The first kappa shape index (κ1) is 30.7. The van der Waals surface area contributed by atoms with Crippen molar-refractivity contribution in [2.24, 2.45) is 23.5 Å². The Bertz CT molecular complexity index is 1720. The number of hydrogen-bond acceptors (Lipinski definition) is 5. The van der Waals surface area contributed by atoms with E-state index < -0.39 is 0 Å². The van der Waals surface area contributed by atoms with E-state index in [2.05, 4.69) is 134 Å². The topological polar surface area (TPSA) is 73.9 Å². The Hall–Kier alpha value is -3.90. The molecule has 46 heavy (non-hydrogen) atoms. The Morgan fingerprint density at radius 1 is 0.957 bits per heavy atom. The van der Waals surface area contributed by atoms with E-state index in [-0.39, 0.29) is 23.5 Å². The van der Waals surface area contributed by atoms with E-state index in [0.717, 1.165) is 30.4 Å². The van der Waals surface area contributed by atoms with Gasteiger partial charge in [-0.3, -0.25) is 10.7 Å². The van der Waals surface area contributed by atoms with Crippen LogP contribution in [0.2, 0.25) is 0 Å². The highest BCUT2D eigenvalue weighted by Gasteiger charge is 2.37. The fraction of sp³-hybridized carbons (Fsp3) is 0.293. The highest BCUT2D eigenvalue weighted by Crippen LogP contribution is 2.44. The van der Waals surface area contributed by atoms with Crippen LogP contribution in [0.5, 0.6) is 0 Å². The molecule has 1 heterocycles. The van der Waals surface area contributed by atoms with Crippen molar-refractivity contribution >= 4 is 16.8 Å². The van der Waals surface area contributed by atoms with Crippen molar-refractivity contribution in [1.82, 2.24) is 10.6 Å². The number of rotatable bonds is 7. The smallest absolute Gasteiger partial charge is 0.104 e. The van der Waals surface area contributed by atoms with Gasteiger partial charge in [0.15, 0.2) is 0 Å². The van der Waals surface area contributed by atoms with Crippen molar-refractivity contribution in [2.45, 2.75) is 56.6 Å². The number of thioether (sulfide) groups is 1. The molecule has 4 nitrogen and oxygen atoms in total. The average Bonchev–Trinajstić information content (AvgIpc) is 3.11. The number of allylic oxidation sites excluding steroid dienone is 11. The van der Waals surface area contributed by atoms with Crippen LogP contribution >= 0.6 is 11.8 Å². The predicted molar refractivity (Wildman–Crippen MR) is 194 cm³/mol. The van der Waals surface area contributed by atoms with Gasteiger partial charge in [0.2, 0.25) is 0 Å². The van der Waals surface area contributed by atoms with Crippen LogP contribution < -0.4 is 16.4 Å². The molecule has 0 amide bonds. The fourth-order valence-corrected chi connectivity index (χ4v) is 8.14. The summed E-state index contributed by atoms with van der Waals surface area (Å²) in [5, 5.41) is 16.7. The molecule has 4 aliphatic carbocycles. The lowest BCUT2D eigenvalue weighted by atomic mass is 9.68. The summed E-state index contributed by atoms with van der Waals surface area (Å²) in [5.41, 5.74) is 16.8. The monoisotopic (exact) mass is 624 g/mol. The van der Waals surface area contributed by atoms with Crippen LogP contribution in [0.3, 0.4) is 0 Å². The van der Waals surface area contributed by atoms with Gasteiger partial charge in [-0.25, -0.2) is 0 Å². The minimum atomic E-state index is -0.282. The molecular weight excluding hydrogens is 581 g/mol. The molecular formula is C41H44N4S. The van der Waals surface area contributed by atoms with E-state index in [9.17, 15) is 0 Å². The normalized spacial score (nSPS) is 27.3. The molecule has 6 atom stereocenters. The van der Waals surface area contributed by atoms with Crippen LogP contribution in [0.4, 0.5) is 0 Å². The van der Waals surface area contributed by atoms with E-state index >= 15 is 0 Å². The molecule has 1 aliphatic heterocycles. The molecule has 2 aromatic carbocycles. The summed E-state index contributed by atoms with van der Waals surface area (Å²) in [4.78, 5) is 0. The molecule has 6 unspecified atom stereocenters. The molecule has 0 saturated heterocycles. The van der Waals surface area contributed by atoms with Gasteiger partial charge in [0.1, 0.15) is 6.17 Å². The van der Waals surface area contributed by atoms with Crippen LogP contribution in [-0.4, -0.2) is 16.5 Å². The van der Waals surface area contributed by atoms with E-state index in [1.165, 1.54) is 39.7 Å². The number of nitrogens with one attached hydrogen (secondary N) is 3. The maximum absolute atomic E-state index is 8.69. The number of hydrogen-bond donors (Lipinski definition) is 4. The minimum absolute atomic E-state index is 0.00471. The summed E-state index contributed by atoms with van der Waals surface area (Å²) < 4.78 is 0. The highest BCUT2D eigenvalue weighted by molar-refractivity contribution is 8.14. The molecule has 5 N–H and O–H groups in total. The molecule has 0 saturated carbocycles. The molecule has 2 aromatic rings. The van der Waals surface area contributed by atoms with Gasteiger partial charge in [0.05, 0.1) is 16.5 Å². The fourth-order valence-electron chi connectivity index (χ4n) is 7.30. The van der Waals surface area contributed by atoms with Crippen molar-refractivity contribution in [3.8, 4) is 0 Å². The Morgan fingerprint density at radius 2 is 1.74 bits per heavy atom. The van der Waals surface area contributed by atoms with Crippen LogP contribution in [0.1, 0.15) is 61.9 Å². The third-order valence-corrected chi connectivity index (χ3v) is 10.9. The molecule has 7 rings (SSSR count). The molecule has 0 aromatic heterocycles. The molecule has 0 fully saturated rings. The first-order chi connectivity index (χ1) is 22.4. The van der Waals surface area contributed by atoms with Crippen molar-refractivity contribution in [2.75, 3.05) is 0 Å². The zero-order chi connectivity index (χ0) is 31.6. The van der Waals surface area contributed by atoms with Crippen molar-refractivity contribution in [1.29, 1.82) is 5.41 Å². The van der Waals surface area contributed by atoms with E-state index in [4.69, 9.17) is 11.1 Å². The minimum Gasteiger partial charge on any atom is -0.369 e. The Balaban J connectivity index is 1.11.